The summed E-state index contributed by atoms with van der Waals surface area (Å²) >= 11 is 0. The van der Waals surface area contributed by atoms with Gasteiger partial charge in [0.05, 0.1) is 13.2 Å². The van der Waals surface area contributed by atoms with Crippen molar-refractivity contribution in [2.45, 2.75) is 49.8 Å². The summed E-state index contributed by atoms with van der Waals surface area (Å²) in [5, 5.41) is 42.6. The van der Waals surface area contributed by atoms with E-state index in [1.807, 2.05) is 36.4 Å². The van der Waals surface area contributed by atoms with Gasteiger partial charge in [-0.2, -0.15) is 0 Å². The smallest absolute Gasteiger partial charge is 0.414 e. The lowest BCUT2D eigenvalue weighted by molar-refractivity contribution is -0.221. The number of anilines is 2. The second-order valence-corrected chi connectivity index (χ2v) is 10.2. The standard InChI is InChI=1S/C30H35N3O7/c34-19-25-26(35)27(36)28(37)29(40-25)31-22-11-13-23(14-12-22)33-18-24(39-30(33)38)17-32(15-20-7-3-1-4-8-20)16-21-9-5-2-6-10-21/h1-14,24-29,31,34-37H,15-19H2/t24-,25?,26+,27?,28?,29+/m1/s1. The second kappa shape index (κ2) is 12.8. The van der Waals surface area contributed by atoms with Crippen molar-refractivity contribution >= 4 is 17.5 Å². The number of aliphatic hydroxyl groups is 4. The molecule has 3 unspecified atom stereocenters. The molecule has 40 heavy (non-hydrogen) atoms. The third kappa shape index (κ3) is 6.61. The summed E-state index contributed by atoms with van der Waals surface area (Å²) in [6.45, 7) is 1.92. The number of cyclic esters (lactones) is 1. The summed E-state index contributed by atoms with van der Waals surface area (Å²) in [6, 6.07) is 27.3. The molecule has 2 fully saturated rings. The molecule has 2 heterocycles. The fourth-order valence-corrected chi connectivity index (χ4v) is 5.11. The van der Waals surface area contributed by atoms with Crippen molar-refractivity contribution in [3.8, 4) is 0 Å². The molecule has 0 bridgehead atoms. The zero-order valence-corrected chi connectivity index (χ0v) is 22.0. The quantitative estimate of drug-likeness (QED) is 0.257. The first-order chi connectivity index (χ1) is 19.4. The third-order valence-electron chi connectivity index (χ3n) is 7.21. The first-order valence-electron chi connectivity index (χ1n) is 13.4. The molecule has 0 aliphatic carbocycles. The van der Waals surface area contributed by atoms with Crippen LogP contribution in [0.4, 0.5) is 16.2 Å². The van der Waals surface area contributed by atoms with Crippen LogP contribution in [0.5, 0.6) is 0 Å². The minimum absolute atomic E-state index is 0.313. The number of hydrogen-bond acceptors (Lipinski definition) is 9. The molecule has 0 saturated carbocycles. The lowest BCUT2D eigenvalue weighted by Crippen LogP contribution is -2.60. The molecule has 10 heteroatoms. The predicted octanol–water partition coefficient (Wildman–Crippen LogP) is 1.93. The fraction of sp³-hybridized carbons (Fsp3) is 0.367. The molecule has 2 saturated heterocycles. The van der Waals surface area contributed by atoms with Gasteiger partial charge in [-0.1, -0.05) is 60.7 Å². The average molecular weight is 550 g/mol. The maximum absolute atomic E-state index is 12.8. The van der Waals surface area contributed by atoms with Crippen LogP contribution in [0.2, 0.25) is 0 Å². The molecule has 3 aromatic carbocycles. The Morgan fingerprint density at radius 1 is 0.825 bits per heavy atom. The van der Waals surface area contributed by atoms with E-state index in [4.69, 9.17) is 9.47 Å². The molecule has 0 aromatic heterocycles. The van der Waals surface area contributed by atoms with Crippen molar-refractivity contribution in [3.05, 3.63) is 96.1 Å². The van der Waals surface area contributed by atoms with E-state index in [0.717, 1.165) is 13.1 Å². The van der Waals surface area contributed by atoms with Gasteiger partial charge < -0.3 is 35.2 Å². The molecule has 0 radical (unpaired) electrons. The second-order valence-electron chi connectivity index (χ2n) is 10.2. The van der Waals surface area contributed by atoms with Crippen LogP contribution in [0.15, 0.2) is 84.9 Å². The Labute approximate surface area is 233 Å². The van der Waals surface area contributed by atoms with Crippen LogP contribution in [0, 0.1) is 0 Å². The number of amides is 1. The Kier molecular flexibility index (Phi) is 8.95. The highest BCUT2D eigenvalue weighted by Crippen LogP contribution is 2.27. The number of nitrogens with zero attached hydrogens (tertiary/aromatic N) is 2. The first-order valence-corrected chi connectivity index (χ1v) is 13.4. The van der Waals surface area contributed by atoms with Gasteiger partial charge in [-0.15, -0.1) is 0 Å². The van der Waals surface area contributed by atoms with Gasteiger partial charge in [0.25, 0.3) is 0 Å². The van der Waals surface area contributed by atoms with Crippen LogP contribution in [0.25, 0.3) is 0 Å². The summed E-state index contributed by atoms with van der Waals surface area (Å²) < 4.78 is 11.3. The van der Waals surface area contributed by atoms with E-state index in [0.29, 0.717) is 24.5 Å². The third-order valence-corrected chi connectivity index (χ3v) is 7.21. The van der Waals surface area contributed by atoms with Gasteiger partial charge in [0.2, 0.25) is 0 Å². The number of carbonyl (C=O) groups excluding carboxylic acids is 1. The van der Waals surface area contributed by atoms with Crippen molar-refractivity contribution in [1.82, 2.24) is 4.90 Å². The lowest BCUT2D eigenvalue weighted by Gasteiger charge is -2.40. The van der Waals surface area contributed by atoms with Crippen molar-refractivity contribution in [1.29, 1.82) is 0 Å². The number of rotatable bonds is 10. The summed E-state index contributed by atoms with van der Waals surface area (Å²) in [5.41, 5.74) is 3.59. The molecule has 5 rings (SSSR count). The van der Waals surface area contributed by atoms with E-state index in [9.17, 15) is 25.2 Å². The number of hydrogen-bond donors (Lipinski definition) is 5. The highest BCUT2D eigenvalue weighted by Gasteiger charge is 2.43. The number of nitrogens with one attached hydrogen (secondary N) is 1. The molecule has 6 atom stereocenters. The molecule has 2 aliphatic heterocycles. The highest BCUT2D eigenvalue weighted by atomic mass is 16.6. The number of ether oxygens (including phenoxy) is 2. The fourth-order valence-electron chi connectivity index (χ4n) is 5.11. The zero-order chi connectivity index (χ0) is 28.1. The van der Waals surface area contributed by atoms with Crippen molar-refractivity contribution < 1.29 is 34.7 Å². The highest BCUT2D eigenvalue weighted by molar-refractivity contribution is 5.90. The Bertz CT molecular complexity index is 1190. The molecule has 10 nitrogen and oxygen atoms in total. The number of benzene rings is 3. The molecule has 3 aromatic rings. The first kappa shape index (κ1) is 28.0. The lowest BCUT2D eigenvalue weighted by atomic mass is 9.98. The van der Waals surface area contributed by atoms with Gasteiger partial charge in [0.1, 0.15) is 30.5 Å². The van der Waals surface area contributed by atoms with Gasteiger partial charge in [0.15, 0.2) is 6.23 Å². The van der Waals surface area contributed by atoms with Gasteiger partial charge in [-0.3, -0.25) is 9.80 Å². The summed E-state index contributed by atoms with van der Waals surface area (Å²) in [7, 11) is 0. The van der Waals surface area contributed by atoms with Gasteiger partial charge >= 0.3 is 6.09 Å². The van der Waals surface area contributed by atoms with E-state index in [-0.39, 0.29) is 6.10 Å². The van der Waals surface area contributed by atoms with Crippen LogP contribution in [0.1, 0.15) is 11.1 Å². The Hall–Kier alpha value is -3.51. The summed E-state index contributed by atoms with van der Waals surface area (Å²) in [4.78, 5) is 16.7. The molecule has 1 amide bonds. The molecular weight excluding hydrogens is 514 g/mol. The Balaban J connectivity index is 1.22. The van der Waals surface area contributed by atoms with Crippen LogP contribution < -0.4 is 10.2 Å². The minimum atomic E-state index is -1.47. The number of carbonyl (C=O) groups is 1. The molecule has 5 N–H and O–H groups in total. The van der Waals surface area contributed by atoms with Crippen molar-refractivity contribution in [3.63, 3.8) is 0 Å². The van der Waals surface area contributed by atoms with E-state index >= 15 is 0 Å². The topological polar surface area (TPSA) is 135 Å². The molecular formula is C30H35N3O7. The van der Waals surface area contributed by atoms with E-state index in [2.05, 4.69) is 34.5 Å². The van der Waals surface area contributed by atoms with Gasteiger partial charge in [-0.25, -0.2) is 4.79 Å². The van der Waals surface area contributed by atoms with Crippen LogP contribution in [0.3, 0.4) is 0 Å². The molecule has 212 valence electrons. The predicted molar refractivity (Wildman–Crippen MR) is 148 cm³/mol. The van der Waals surface area contributed by atoms with E-state index < -0.39 is 43.3 Å². The van der Waals surface area contributed by atoms with Crippen LogP contribution in [-0.2, 0) is 22.6 Å². The largest absolute Gasteiger partial charge is 0.443 e. The summed E-state index contributed by atoms with van der Waals surface area (Å²) in [5.74, 6) is 0. The number of aliphatic hydroxyl groups excluding tert-OH is 4. The Morgan fingerprint density at radius 2 is 1.43 bits per heavy atom. The molecule has 0 spiro atoms. The SMILES string of the molecule is O=C1O[C@H](CN(Cc2ccccc2)Cc2ccccc2)CN1c1ccc(N[C@H]2OC(CO)[C@H](O)C(O)C2O)cc1. The maximum atomic E-state index is 12.8. The van der Waals surface area contributed by atoms with Gasteiger partial charge in [-0.05, 0) is 35.4 Å². The van der Waals surface area contributed by atoms with Crippen LogP contribution >= 0.6 is 0 Å². The summed E-state index contributed by atoms with van der Waals surface area (Å²) in [6.07, 6.45) is -7.07. The normalized spacial score (nSPS) is 26.6. The minimum Gasteiger partial charge on any atom is -0.443 e. The van der Waals surface area contributed by atoms with E-state index in [1.54, 1.807) is 29.2 Å². The van der Waals surface area contributed by atoms with Gasteiger partial charge in [0, 0.05) is 31.0 Å². The maximum Gasteiger partial charge on any atom is 0.414 e. The van der Waals surface area contributed by atoms with Crippen molar-refractivity contribution in [2.24, 2.45) is 0 Å². The Morgan fingerprint density at radius 3 is 2.00 bits per heavy atom. The monoisotopic (exact) mass is 549 g/mol. The van der Waals surface area contributed by atoms with Crippen molar-refractivity contribution in [2.75, 3.05) is 29.9 Å². The molecule has 2 aliphatic rings. The van der Waals surface area contributed by atoms with Crippen LogP contribution in [-0.4, -0.2) is 87.9 Å². The zero-order valence-electron chi connectivity index (χ0n) is 22.0. The average Bonchev–Trinajstić information content (AvgIpc) is 3.34. The van der Waals surface area contributed by atoms with E-state index in [1.165, 1.54) is 11.1 Å².